The van der Waals surface area contributed by atoms with Gasteiger partial charge in [-0.1, -0.05) is 18.2 Å². The Kier molecular flexibility index (Phi) is 5.76. The summed E-state index contributed by atoms with van der Waals surface area (Å²) < 4.78 is 7.00. The Morgan fingerprint density at radius 3 is 2.74 bits per heavy atom. The zero-order chi connectivity index (χ0) is 22.1. The number of rotatable bonds is 7. The highest BCUT2D eigenvalue weighted by Crippen LogP contribution is 2.40. The van der Waals surface area contributed by atoms with Crippen molar-refractivity contribution in [3.63, 3.8) is 0 Å². The standard InChI is InChI=1S/C24H28N4O3/c1-5-31-24(30)20-11-19(20)13-28(14-21-15(2)26-27(4)16(21)3)23(29)18-10-17-8-6-7-9-22(17)25-12-18/h6-10,12,19-20H,5,11,13-14H2,1-4H3/t19-,20+/m0/s1. The number of pyridine rings is 1. The van der Waals surface area contributed by atoms with Crippen molar-refractivity contribution in [2.45, 2.75) is 33.7 Å². The third kappa shape index (κ3) is 4.31. The summed E-state index contributed by atoms with van der Waals surface area (Å²) in [6.45, 7) is 7.11. The minimum atomic E-state index is -0.166. The zero-order valence-electron chi connectivity index (χ0n) is 18.5. The van der Waals surface area contributed by atoms with E-state index in [1.165, 1.54) is 0 Å². The molecule has 0 bridgehead atoms. The maximum Gasteiger partial charge on any atom is 0.309 e. The van der Waals surface area contributed by atoms with Crippen molar-refractivity contribution < 1.29 is 14.3 Å². The van der Waals surface area contributed by atoms with Crippen LogP contribution in [0.25, 0.3) is 10.9 Å². The molecule has 1 saturated carbocycles. The number of carbonyl (C=O) groups is 2. The van der Waals surface area contributed by atoms with E-state index in [1.54, 1.807) is 6.20 Å². The predicted octanol–water partition coefficient (Wildman–Crippen LogP) is 3.43. The summed E-state index contributed by atoms with van der Waals surface area (Å²) in [5.74, 6) is -0.258. The van der Waals surface area contributed by atoms with Gasteiger partial charge in [-0.3, -0.25) is 19.3 Å². The Morgan fingerprint density at radius 2 is 2.03 bits per heavy atom. The number of hydrogen-bond donors (Lipinski definition) is 0. The normalized spacial score (nSPS) is 17.5. The first-order valence-corrected chi connectivity index (χ1v) is 10.7. The lowest BCUT2D eigenvalue weighted by atomic mass is 10.1. The maximum atomic E-state index is 13.5. The summed E-state index contributed by atoms with van der Waals surface area (Å²) in [7, 11) is 1.91. The number of para-hydroxylation sites is 1. The topological polar surface area (TPSA) is 77.3 Å². The van der Waals surface area contributed by atoms with Crippen LogP contribution in [-0.2, 0) is 23.1 Å². The molecule has 2 aromatic heterocycles. The highest BCUT2D eigenvalue weighted by molar-refractivity contribution is 5.97. The van der Waals surface area contributed by atoms with Crippen LogP contribution in [0, 0.1) is 25.7 Å². The van der Waals surface area contributed by atoms with Crippen molar-refractivity contribution in [2.24, 2.45) is 18.9 Å². The lowest BCUT2D eigenvalue weighted by Crippen LogP contribution is -2.33. The first kappa shape index (κ1) is 21.0. The second kappa shape index (κ2) is 8.49. The summed E-state index contributed by atoms with van der Waals surface area (Å²) in [5, 5.41) is 5.42. The van der Waals surface area contributed by atoms with Crippen molar-refractivity contribution in [3.8, 4) is 0 Å². The Bertz CT molecular complexity index is 1140. The van der Waals surface area contributed by atoms with Gasteiger partial charge in [0.15, 0.2) is 0 Å². The fourth-order valence-electron chi connectivity index (χ4n) is 4.10. The van der Waals surface area contributed by atoms with E-state index in [0.29, 0.717) is 25.3 Å². The van der Waals surface area contributed by atoms with E-state index >= 15 is 0 Å². The number of benzene rings is 1. The molecule has 1 aliphatic carbocycles. The molecule has 0 radical (unpaired) electrons. The fourth-order valence-corrected chi connectivity index (χ4v) is 4.10. The molecule has 0 spiro atoms. The highest BCUT2D eigenvalue weighted by atomic mass is 16.5. The van der Waals surface area contributed by atoms with Crippen LogP contribution in [0.3, 0.4) is 0 Å². The molecule has 3 aromatic rings. The van der Waals surface area contributed by atoms with Gasteiger partial charge in [-0.15, -0.1) is 0 Å². The van der Waals surface area contributed by atoms with Crippen LogP contribution in [0.4, 0.5) is 0 Å². The first-order valence-electron chi connectivity index (χ1n) is 10.7. The third-order valence-electron chi connectivity index (χ3n) is 6.10. The summed E-state index contributed by atoms with van der Waals surface area (Å²) in [5.41, 5.74) is 4.38. The van der Waals surface area contributed by atoms with Crippen molar-refractivity contribution in [1.82, 2.24) is 19.7 Å². The van der Waals surface area contributed by atoms with Crippen LogP contribution < -0.4 is 0 Å². The Hall–Kier alpha value is -3.22. The number of esters is 1. The molecule has 1 aliphatic rings. The first-order chi connectivity index (χ1) is 14.9. The number of fused-ring (bicyclic) bond motifs is 1. The van der Waals surface area contributed by atoms with Crippen molar-refractivity contribution in [2.75, 3.05) is 13.2 Å². The molecule has 1 aromatic carbocycles. The maximum absolute atomic E-state index is 13.5. The summed E-state index contributed by atoms with van der Waals surface area (Å²) in [6, 6.07) is 9.64. The molecular formula is C24H28N4O3. The largest absolute Gasteiger partial charge is 0.466 e. The number of carbonyl (C=O) groups excluding carboxylic acids is 2. The molecule has 0 saturated heterocycles. The molecule has 0 aliphatic heterocycles. The van der Waals surface area contributed by atoms with Crippen molar-refractivity contribution >= 4 is 22.8 Å². The Morgan fingerprint density at radius 1 is 1.26 bits per heavy atom. The molecule has 0 N–H and O–H groups in total. The second-order valence-corrected chi connectivity index (χ2v) is 8.23. The van der Waals surface area contributed by atoms with E-state index in [4.69, 9.17) is 4.74 Å². The minimum Gasteiger partial charge on any atom is -0.466 e. The van der Waals surface area contributed by atoms with Crippen molar-refractivity contribution in [3.05, 3.63) is 59.0 Å². The van der Waals surface area contributed by atoms with Gasteiger partial charge in [0.2, 0.25) is 0 Å². The van der Waals surface area contributed by atoms with E-state index in [2.05, 4.69) is 10.1 Å². The highest BCUT2D eigenvalue weighted by Gasteiger charge is 2.45. The van der Waals surface area contributed by atoms with Gasteiger partial charge in [-0.2, -0.15) is 5.10 Å². The minimum absolute atomic E-state index is 0.0876. The molecule has 1 amide bonds. The third-order valence-corrected chi connectivity index (χ3v) is 6.10. The average Bonchev–Trinajstić information content (AvgIpc) is 3.49. The molecule has 2 heterocycles. The van der Waals surface area contributed by atoms with Gasteiger partial charge in [-0.05, 0) is 45.2 Å². The van der Waals surface area contributed by atoms with Crippen LogP contribution in [0.1, 0.15) is 40.7 Å². The monoisotopic (exact) mass is 420 g/mol. The molecule has 31 heavy (non-hydrogen) atoms. The number of amides is 1. The van der Waals surface area contributed by atoms with E-state index in [-0.39, 0.29) is 23.7 Å². The Labute approximate surface area is 182 Å². The molecule has 7 heteroatoms. The van der Waals surface area contributed by atoms with Gasteiger partial charge < -0.3 is 9.64 Å². The van der Waals surface area contributed by atoms with E-state index in [0.717, 1.165) is 34.3 Å². The van der Waals surface area contributed by atoms with E-state index < -0.39 is 0 Å². The van der Waals surface area contributed by atoms with Gasteiger partial charge in [-0.25, -0.2) is 0 Å². The predicted molar refractivity (Wildman–Crippen MR) is 117 cm³/mol. The van der Waals surface area contributed by atoms with E-state index in [9.17, 15) is 9.59 Å². The number of ether oxygens (including phenoxy) is 1. The van der Waals surface area contributed by atoms with Crippen LogP contribution in [-0.4, -0.2) is 44.7 Å². The Balaban J connectivity index is 1.60. The molecule has 7 nitrogen and oxygen atoms in total. The number of hydrogen-bond acceptors (Lipinski definition) is 5. The lowest BCUT2D eigenvalue weighted by Gasteiger charge is -2.23. The van der Waals surface area contributed by atoms with Crippen molar-refractivity contribution in [1.29, 1.82) is 0 Å². The summed E-state index contributed by atoms with van der Waals surface area (Å²) in [4.78, 5) is 31.9. The van der Waals surface area contributed by atoms with E-state index in [1.807, 2.05) is 67.7 Å². The summed E-state index contributed by atoms with van der Waals surface area (Å²) in [6.07, 6.45) is 2.39. The van der Waals surface area contributed by atoms with Crippen LogP contribution in [0.15, 0.2) is 36.5 Å². The van der Waals surface area contributed by atoms with Gasteiger partial charge in [0, 0.05) is 43.0 Å². The zero-order valence-corrected chi connectivity index (χ0v) is 18.5. The van der Waals surface area contributed by atoms with Crippen LogP contribution in [0.5, 0.6) is 0 Å². The molecule has 1 fully saturated rings. The molecular weight excluding hydrogens is 392 g/mol. The fraction of sp³-hybridized carbons (Fsp3) is 0.417. The summed E-state index contributed by atoms with van der Waals surface area (Å²) >= 11 is 0. The average molecular weight is 421 g/mol. The smallest absolute Gasteiger partial charge is 0.309 e. The van der Waals surface area contributed by atoms with Gasteiger partial charge in [0.25, 0.3) is 5.91 Å². The molecule has 4 rings (SSSR count). The quantitative estimate of drug-likeness (QED) is 0.547. The number of nitrogens with zero attached hydrogens (tertiary/aromatic N) is 4. The lowest BCUT2D eigenvalue weighted by molar-refractivity contribution is -0.145. The molecule has 0 unspecified atom stereocenters. The van der Waals surface area contributed by atoms with Gasteiger partial charge in [0.1, 0.15) is 0 Å². The van der Waals surface area contributed by atoms with Crippen LogP contribution >= 0.6 is 0 Å². The van der Waals surface area contributed by atoms with Gasteiger partial charge in [0.05, 0.1) is 29.3 Å². The van der Waals surface area contributed by atoms with Gasteiger partial charge >= 0.3 is 5.97 Å². The second-order valence-electron chi connectivity index (χ2n) is 8.23. The molecule has 2 atom stereocenters. The van der Waals surface area contributed by atoms with Crippen LogP contribution in [0.2, 0.25) is 0 Å². The molecule has 162 valence electrons. The number of aromatic nitrogens is 3. The SMILES string of the molecule is CCOC(=O)[C@@H]1C[C@H]1CN(Cc1c(C)nn(C)c1C)C(=O)c1cnc2ccccc2c1. The number of aryl methyl sites for hydroxylation is 2.